The lowest BCUT2D eigenvalue weighted by Gasteiger charge is -2.33. The minimum atomic E-state index is 0.587. The fourth-order valence-corrected chi connectivity index (χ4v) is 2.90. The molecule has 16 heavy (non-hydrogen) atoms. The molecule has 1 N–H and O–H groups in total. The van der Waals surface area contributed by atoms with Crippen LogP contribution >= 0.6 is 11.3 Å². The van der Waals surface area contributed by atoms with Gasteiger partial charge in [-0.05, 0) is 19.4 Å². The first-order chi connectivity index (χ1) is 7.74. The number of nitrogens with one attached hydrogen (secondary N) is 1. The smallest absolute Gasteiger partial charge is 0.0795 e. The quantitative estimate of drug-likeness (QED) is 0.872. The second-order valence-corrected chi connectivity index (χ2v) is 5.59. The van der Waals surface area contributed by atoms with Gasteiger partial charge >= 0.3 is 0 Å². The molecule has 0 aromatic carbocycles. The van der Waals surface area contributed by atoms with Crippen LogP contribution < -0.4 is 5.32 Å². The maximum absolute atomic E-state index is 4.35. The zero-order valence-corrected chi connectivity index (χ0v) is 11.0. The molecule has 1 aliphatic rings. The maximum Gasteiger partial charge on any atom is 0.0795 e. The molecule has 0 amide bonds. The molecule has 0 saturated carbocycles. The van der Waals surface area contributed by atoms with Crippen molar-refractivity contribution in [2.24, 2.45) is 0 Å². The van der Waals surface area contributed by atoms with E-state index in [-0.39, 0.29) is 0 Å². The van der Waals surface area contributed by atoms with Gasteiger partial charge < -0.3 is 5.32 Å². The van der Waals surface area contributed by atoms with Crippen LogP contribution in [0.2, 0.25) is 0 Å². The van der Waals surface area contributed by atoms with Crippen molar-refractivity contribution < 1.29 is 0 Å². The first kappa shape index (κ1) is 12.0. The summed E-state index contributed by atoms with van der Waals surface area (Å²) in [6.07, 6.45) is 2.61. The van der Waals surface area contributed by atoms with Crippen molar-refractivity contribution in [1.29, 1.82) is 0 Å². The first-order valence-corrected chi connectivity index (χ1v) is 7.04. The van der Waals surface area contributed by atoms with E-state index in [4.69, 9.17) is 0 Å². The maximum atomic E-state index is 4.35. The number of rotatable bonds is 4. The van der Waals surface area contributed by atoms with E-state index in [9.17, 15) is 0 Å². The lowest BCUT2D eigenvalue weighted by Crippen LogP contribution is -2.47. The van der Waals surface area contributed by atoms with Crippen molar-refractivity contribution in [2.75, 3.05) is 13.1 Å². The first-order valence-electron chi connectivity index (χ1n) is 6.09. The van der Waals surface area contributed by atoms with Gasteiger partial charge in [-0.3, -0.25) is 4.90 Å². The molecule has 4 heteroatoms. The molecule has 2 rings (SSSR count). The second-order valence-electron chi connectivity index (χ2n) is 4.88. The standard InChI is InChI=1S/C12H21N3S/c1-10(2)14-11-4-3-5-15(6-11)7-12-8-16-9-13-12/h8-11,14H,3-7H2,1-2H3. The van der Waals surface area contributed by atoms with E-state index in [0.717, 1.165) is 13.1 Å². The molecular weight excluding hydrogens is 218 g/mol. The van der Waals surface area contributed by atoms with Gasteiger partial charge in [-0.2, -0.15) is 0 Å². The number of likely N-dealkylation sites (tertiary alicyclic amines) is 1. The molecule has 0 bridgehead atoms. The van der Waals surface area contributed by atoms with Crippen molar-refractivity contribution in [2.45, 2.75) is 45.3 Å². The second kappa shape index (κ2) is 5.75. The fourth-order valence-electron chi connectivity index (χ4n) is 2.35. The highest BCUT2D eigenvalue weighted by Gasteiger charge is 2.20. The lowest BCUT2D eigenvalue weighted by atomic mass is 10.0. The Morgan fingerprint density at radius 2 is 2.50 bits per heavy atom. The van der Waals surface area contributed by atoms with Gasteiger partial charge in [-0.25, -0.2) is 4.98 Å². The summed E-state index contributed by atoms with van der Waals surface area (Å²) < 4.78 is 0. The lowest BCUT2D eigenvalue weighted by molar-refractivity contribution is 0.177. The van der Waals surface area contributed by atoms with Gasteiger partial charge in [-0.1, -0.05) is 13.8 Å². The summed E-state index contributed by atoms with van der Waals surface area (Å²) >= 11 is 1.69. The number of aromatic nitrogens is 1. The van der Waals surface area contributed by atoms with Crippen molar-refractivity contribution in [1.82, 2.24) is 15.2 Å². The molecule has 0 aliphatic carbocycles. The SMILES string of the molecule is CC(C)NC1CCCN(Cc2cscn2)C1. The van der Waals surface area contributed by atoms with Gasteiger partial charge in [-0.15, -0.1) is 11.3 Å². The summed E-state index contributed by atoms with van der Waals surface area (Å²) in [5, 5.41) is 5.78. The van der Waals surface area contributed by atoms with Gasteiger partial charge in [0.1, 0.15) is 0 Å². The predicted molar refractivity (Wildman–Crippen MR) is 68.7 cm³/mol. The van der Waals surface area contributed by atoms with E-state index in [1.165, 1.54) is 25.1 Å². The molecule has 1 saturated heterocycles. The van der Waals surface area contributed by atoms with Gasteiger partial charge in [0.2, 0.25) is 0 Å². The monoisotopic (exact) mass is 239 g/mol. The molecule has 0 radical (unpaired) electrons. The number of piperidine rings is 1. The van der Waals surface area contributed by atoms with Crippen molar-refractivity contribution in [3.63, 3.8) is 0 Å². The topological polar surface area (TPSA) is 28.2 Å². The molecule has 1 aromatic rings. The van der Waals surface area contributed by atoms with Gasteiger partial charge in [0.25, 0.3) is 0 Å². The minimum Gasteiger partial charge on any atom is -0.311 e. The van der Waals surface area contributed by atoms with Gasteiger partial charge in [0.05, 0.1) is 11.2 Å². The third-order valence-corrected chi connectivity index (χ3v) is 3.58. The zero-order chi connectivity index (χ0) is 11.4. The molecule has 1 unspecified atom stereocenters. The summed E-state index contributed by atoms with van der Waals surface area (Å²) in [5.74, 6) is 0. The van der Waals surface area contributed by atoms with Crippen LogP contribution in [0.5, 0.6) is 0 Å². The van der Waals surface area contributed by atoms with Crippen LogP contribution in [0.1, 0.15) is 32.4 Å². The van der Waals surface area contributed by atoms with Crippen molar-refractivity contribution in [3.05, 3.63) is 16.6 Å². The summed E-state index contributed by atoms with van der Waals surface area (Å²) in [6.45, 7) is 7.84. The van der Waals surface area contributed by atoms with Gasteiger partial charge in [0, 0.05) is 30.6 Å². The summed E-state index contributed by atoms with van der Waals surface area (Å²) in [6, 6.07) is 1.25. The Labute approximate surface area is 102 Å². The highest BCUT2D eigenvalue weighted by Crippen LogP contribution is 2.14. The van der Waals surface area contributed by atoms with Gasteiger partial charge in [0.15, 0.2) is 0 Å². The van der Waals surface area contributed by atoms with E-state index in [2.05, 4.69) is 34.4 Å². The molecule has 0 spiro atoms. The number of hydrogen-bond acceptors (Lipinski definition) is 4. The minimum absolute atomic E-state index is 0.587. The Balaban J connectivity index is 1.82. The average molecular weight is 239 g/mol. The zero-order valence-electron chi connectivity index (χ0n) is 10.1. The van der Waals surface area contributed by atoms with Crippen LogP contribution in [0.3, 0.4) is 0 Å². The van der Waals surface area contributed by atoms with Crippen LogP contribution in [0.15, 0.2) is 10.9 Å². The summed E-state index contributed by atoms with van der Waals surface area (Å²) in [7, 11) is 0. The Morgan fingerprint density at radius 1 is 1.62 bits per heavy atom. The van der Waals surface area contributed by atoms with E-state index in [0.29, 0.717) is 12.1 Å². The highest BCUT2D eigenvalue weighted by molar-refractivity contribution is 7.07. The summed E-state index contributed by atoms with van der Waals surface area (Å²) in [4.78, 5) is 6.87. The molecule has 1 aliphatic heterocycles. The van der Waals surface area contributed by atoms with E-state index in [1.807, 2.05) is 5.51 Å². The fraction of sp³-hybridized carbons (Fsp3) is 0.750. The van der Waals surface area contributed by atoms with E-state index < -0.39 is 0 Å². The molecule has 90 valence electrons. The number of nitrogens with zero attached hydrogens (tertiary/aromatic N) is 2. The van der Waals surface area contributed by atoms with Crippen molar-refractivity contribution in [3.8, 4) is 0 Å². The van der Waals surface area contributed by atoms with Crippen LogP contribution in [-0.2, 0) is 6.54 Å². The Kier molecular flexibility index (Phi) is 4.32. The average Bonchev–Trinajstić information content (AvgIpc) is 2.70. The molecular formula is C12H21N3S. The molecule has 2 heterocycles. The predicted octanol–water partition coefficient (Wildman–Crippen LogP) is 2.11. The van der Waals surface area contributed by atoms with E-state index >= 15 is 0 Å². The van der Waals surface area contributed by atoms with Crippen LogP contribution in [0.4, 0.5) is 0 Å². The largest absolute Gasteiger partial charge is 0.311 e. The normalized spacial score (nSPS) is 22.8. The van der Waals surface area contributed by atoms with Crippen molar-refractivity contribution >= 4 is 11.3 Å². The Bertz CT molecular complexity index is 297. The third kappa shape index (κ3) is 3.54. The number of thiazole rings is 1. The molecule has 1 fully saturated rings. The molecule has 1 atom stereocenters. The third-order valence-electron chi connectivity index (χ3n) is 2.94. The number of hydrogen-bond donors (Lipinski definition) is 1. The van der Waals surface area contributed by atoms with E-state index in [1.54, 1.807) is 11.3 Å². The van der Waals surface area contributed by atoms with Crippen LogP contribution in [0.25, 0.3) is 0 Å². The summed E-state index contributed by atoms with van der Waals surface area (Å²) in [5.41, 5.74) is 3.14. The van der Waals surface area contributed by atoms with Crippen LogP contribution in [-0.4, -0.2) is 35.1 Å². The molecule has 1 aromatic heterocycles. The van der Waals surface area contributed by atoms with Crippen LogP contribution in [0, 0.1) is 0 Å². The molecule has 3 nitrogen and oxygen atoms in total. The Morgan fingerprint density at radius 3 is 3.19 bits per heavy atom. The highest BCUT2D eigenvalue weighted by atomic mass is 32.1. The Hall–Kier alpha value is -0.450.